The van der Waals surface area contributed by atoms with Crippen LogP contribution in [0.4, 0.5) is 11.5 Å². The van der Waals surface area contributed by atoms with Gasteiger partial charge in [-0.15, -0.1) is 0 Å². The predicted molar refractivity (Wildman–Crippen MR) is 70.2 cm³/mol. The largest absolute Gasteiger partial charge is 0.495 e. The van der Waals surface area contributed by atoms with Gasteiger partial charge in [0.1, 0.15) is 11.6 Å². The van der Waals surface area contributed by atoms with E-state index in [1.807, 2.05) is 0 Å². The maximum atomic E-state index is 8.82. The van der Waals surface area contributed by atoms with Gasteiger partial charge in [0.2, 0.25) is 0 Å². The van der Waals surface area contributed by atoms with Crippen LogP contribution in [0.5, 0.6) is 5.75 Å². The number of hydrogen-bond donors (Lipinski definition) is 1. The smallest absolute Gasteiger partial charge is 0.142 e. The van der Waals surface area contributed by atoms with E-state index in [4.69, 9.17) is 21.6 Å². The Morgan fingerprint density at radius 2 is 2.17 bits per heavy atom. The van der Waals surface area contributed by atoms with E-state index in [2.05, 4.69) is 16.4 Å². The highest BCUT2D eigenvalue weighted by atomic mass is 35.5. The minimum absolute atomic E-state index is 0.536. The number of nitrogens with one attached hydrogen (secondary N) is 1. The fraction of sp³-hybridized carbons (Fsp3) is 0.0769. The van der Waals surface area contributed by atoms with Crippen LogP contribution in [-0.4, -0.2) is 12.1 Å². The zero-order valence-electron chi connectivity index (χ0n) is 9.64. The number of benzene rings is 1. The second kappa shape index (κ2) is 5.39. The van der Waals surface area contributed by atoms with Gasteiger partial charge in [0, 0.05) is 11.2 Å². The molecule has 0 aliphatic carbocycles. The van der Waals surface area contributed by atoms with Gasteiger partial charge in [-0.25, -0.2) is 4.98 Å². The van der Waals surface area contributed by atoms with E-state index in [9.17, 15) is 0 Å². The lowest BCUT2D eigenvalue weighted by Gasteiger charge is -2.10. The molecule has 0 saturated heterocycles. The van der Waals surface area contributed by atoms with Gasteiger partial charge in [-0.05, 0) is 30.3 Å². The number of hydrogen-bond acceptors (Lipinski definition) is 4. The molecule has 18 heavy (non-hydrogen) atoms. The van der Waals surface area contributed by atoms with Crippen molar-refractivity contribution in [1.29, 1.82) is 5.26 Å². The van der Waals surface area contributed by atoms with E-state index in [1.54, 1.807) is 43.6 Å². The molecule has 5 heteroatoms. The van der Waals surface area contributed by atoms with Crippen molar-refractivity contribution in [3.63, 3.8) is 0 Å². The van der Waals surface area contributed by atoms with E-state index in [0.29, 0.717) is 27.8 Å². The van der Waals surface area contributed by atoms with Gasteiger partial charge in [0.25, 0.3) is 0 Å². The first-order valence-electron chi connectivity index (χ1n) is 5.19. The summed E-state index contributed by atoms with van der Waals surface area (Å²) < 4.78 is 5.22. The Labute approximate surface area is 110 Å². The molecular formula is C13H10ClN3O. The summed E-state index contributed by atoms with van der Waals surface area (Å²) in [6.07, 6.45) is 1.57. The van der Waals surface area contributed by atoms with E-state index in [0.717, 1.165) is 0 Å². The zero-order chi connectivity index (χ0) is 13.0. The number of ether oxygens (including phenoxy) is 1. The molecule has 1 N–H and O–H groups in total. The molecule has 90 valence electrons. The van der Waals surface area contributed by atoms with Gasteiger partial charge in [-0.1, -0.05) is 11.6 Å². The number of pyridine rings is 1. The molecular weight excluding hydrogens is 250 g/mol. The lowest BCUT2D eigenvalue weighted by atomic mass is 10.2. The molecule has 0 aliphatic heterocycles. The number of rotatable bonds is 3. The highest BCUT2D eigenvalue weighted by Crippen LogP contribution is 2.29. The molecule has 0 amide bonds. The highest BCUT2D eigenvalue weighted by Gasteiger charge is 2.05. The Morgan fingerprint density at radius 3 is 2.89 bits per heavy atom. The van der Waals surface area contributed by atoms with Crippen LogP contribution in [0.1, 0.15) is 5.56 Å². The van der Waals surface area contributed by atoms with E-state index in [1.165, 1.54) is 0 Å². The van der Waals surface area contributed by atoms with Crippen LogP contribution < -0.4 is 10.1 Å². The van der Waals surface area contributed by atoms with Crippen molar-refractivity contribution in [1.82, 2.24) is 4.98 Å². The first-order chi connectivity index (χ1) is 8.72. The van der Waals surface area contributed by atoms with Crippen molar-refractivity contribution in [2.24, 2.45) is 0 Å². The second-order valence-corrected chi connectivity index (χ2v) is 3.95. The van der Waals surface area contributed by atoms with Crippen molar-refractivity contribution in [3.8, 4) is 11.8 Å². The topological polar surface area (TPSA) is 57.9 Å². The van der Waals surface area contributed by atoms with Crippen molar-refractivity contribution in [2.75, 3.05) is 12.4 Å². The quantitative estimate of drug-likeness (QED) is 0.918. The van der Waals surface area contributed by atoms with Crippen molar-refractivity contribution >= 4 is 23.1 Å². The van der Waals surface area contributed by atoms with E-state index >= 15 is 0 Å². The van der Waals surface area contributed by atoms with Gasteiger partial charge in [-0.2, -0.15) is 5.26 Å². The number of anilines is 2. The Bertz CT molecular complexity index is 607. The third-order valence-electron chi connectivity index (χ3n) is 2.31. The first kappa shape index (κ1) is 12.2. The molecule has 1 aromatic carbocycles. The van der Waals surface area contributed by atoms with Gasteiger partial charge >= 0.3 is 0 Å². The van der Waals surface area contributed by atoms with Crippen LogP contribution in [0.15, 0.2) is 36.5 Å². The summed E-state index contributed by atoms with van der Waals surface area (Å²) in [6, 6.07) is 10.6. The lowest BCUT2D eigenvalue weighted by Crippen LogP contribution is -1.96. The third kappa shape index (κ3) is 2.70. The molecule has 0 bridgehead atoms. The molecule has 0 radical (unpaired) electrons. The standard InChI is InChI=1S/C13H10ClN3O/c1-18-12-3-2-10(14)7-11(12)17-13-6-9(8-15)4-5-16-13/h2-7H,1H3,(H,16,17). The fourth-order valence-corrected chi connectivity index (χ4v) is 1.66. The average Bonchev–Trinajstić information content (AvgIpc) is 2.39. The summed E-state index contributed by atoms with van der Waals surface area (Å²) in [5.74, 6) is 1.22. The number of halogens is 1. The SMILES string of the molecule is COc1ccc(Cl)cc1Nc1cc(C#N)ccn1. The van der Waals surface area contributed by atoms with Gasteiger partial charge < -0.3 is 10.1 Å². The molecule has 1 heterocycles. The predicted octanol–water partition coefficient (Wildman–Crippen LogP) is 3.36. The summed E-state index contributed by atoms with van der Waals surface area (Å²) in [7, 11) is 1.58. The summed E-state index contributed by atoms with van der Waals surface area (Å²) >= 11 is 5.93. The van der Waals surface area contributed by atoms with Crippen LogP contribution in [0.2, 0.25) is 5.02 Å². The molecule has 0 unspecified atom stereocenters. The molecule has 0 spiro atoms. The molecule has 0 fully saturated rings. The molecule has 1 aromatic heterocycles. The summed E-state index contributed by atoms with van der Waals surface area (Å²) in [4.78, 5) is 4.13. The van der Waals surface area contributed by atoms with E-state index in [-0.39, 0.29) is 0 Å². The van der Waals surface area contributed by atoms with E-state index < -0.39 is 0 Å². The second-order valence-electron chi connectivity index (χ2n) is 3.51. The Morgan fingerprint density at radius 1 is 1.33 bits per heavy atom. The van der Waals surface area contributed by atoms with Crippen molar-refractivity contribution < 1.29 is 4.74 Å². The van der Waals surface area contributed by atoms with Crippen LogP contribution >= 0.6 is 11.6 Å². The van der Waals surface area contributed by atoms with Crippen molar-refractivity contribution in [3.05, 3.63) is 47.1 Å². The number of aromatic nitrogens is 1. The fourth-order valence-electron chi connectivity index (χ4n) is 1.48. The third-order valence-corrected chi connectivity index (χ3v) is 2.55. The maximum absolute atomic E-state index is 8.82. The molecule has 0 aliphatic rings. The summed E-state index contributed by atoms with van der Waals surface area (Å²) in [5, 5.41) is 12.5. The minimum Gasteiger partial charge on any atom is -0.495 e. The van der Waals surface area contributed by atoms with Gasteiger partial charge in [-0.3, -0.25) is 0 Å². The summed E-state index contributed by atoms with van der Waals surface area (Å²) in [6.45, 7) is 0. The Hall–Kier alpha value is -2.25. The normalized spacial score (nSPS) is 9.61. The van der Waals surface area contributed by atoms with Gasteiger partial charge in [0.05, 0.1) is 24.4 Å². The molecule has 2 aromatic rings. The summed E-state index contributed by atoms with van der Waals surface area (Å²) in [5.41, 5.74) is 1.24. The number of nitrogens with zero attached hydrogens (tertiary/aromatic N) is 2. The van der Waals surface area contributed by atoms with Gasteiger partial charge in [0.15, 0.2) is 0 Å². The molecule has 0 saturated carbocycles. The number of methoxy groups -OCH3 is 1. The number of nitriles is 1. The maximum Gasteiger partial charge on any atom is 0.142 e. The van der Waals surface area contributed by atoms with Crippen molar-refractivity contribution in [2.45, 2.75) is 0 Å². The first-order valence-corrected chi connectivity index (χ1v) is 5.57. The molecule has 2 rings (SSSR count). The highest BCUT2D eigenvalue weighted by molar-refractivity contribution is 6.31. The van der Waals surface area contributed by atoms with Crippen LogP contribution in [0.25, 0.3) is 0 Å². The van der Waals surface area contributed by atoms with Crippen LogP contribution in [-0.2, 0) is 0 Å². The monoisotopic (exact) mass is 259 g/mol. The molecule has 4 nitrogen and oxygen atoms in total. The zero-order valence-corrected chi connectivity index (χ0v) is 10.4. The minimum atomic E-state index is 0.536. The Kier molecular flexibility index (Phi) is 3.66. The molecule has 0 atom stereocenters. The average molecular weight is 260 g/mol. The van der Waals surface area contributed by atoms with Crippen LogP contribution in [0, 0.1) is 11.3 Å². The Balaban J connectivity index is 2.33. The van der Waals surface area contributed by atoms with Crippen LogP contribution in [0.3, 0.4) is 0 Å². The lowest BCUT2D eigenvalue weighted by molar-refractivity contribution is 0.417.